The Morgan fingerprint density at radius 3 is 2.55 bits per heavy atom. The van der Waals surface area contributed by atoms with Crippen LogP contribution in [0.1, 0.15) is 28.7 Å². The number of likely N-dealkylation sites (tertiary alicyclic amines) is 1. The fourth-order valence-corrected chi connectivity index (χ4v) is 4.28. The van der Waals surface area contributed by atoms with E-state index in [2.05, 4.69) is 15.0 Å². The maximum Gasteiger partial charge on any atom is 0.295 e. The number of pyridine rings is 1. The molecule has 2 aromatic heterocycles. The van der Waals surface area contributed by atoms with Crippen LogP contribution in [0, 0.1) is 13.8 Å². The Hall–Kier alpha value is -3.04. The van der Waals surface area contributed by atoms with Crippen molar-refractivity contribution in [2.75, 3.05) is 39.4 Å². The highest BCUT2D eigenvalue weighted by molar-refractivity contribution is 6.46. The van der Waals surface area contributed by atoms with Gasteiger partial charge in [0.15, 0.2) is 0 Å². The minimum absolute atomic E-state index is 0.0601. The van der Waals surface area contributed by atoms with Gasteiger partial charge in [0.05, 0.1) is 35.7 Å². The number of aliphatic hydroxyl groups excluding tert-OH is 1. The fourth-order valence-electron chi connectivity index (χ4n) is 4.28. The quantitative estimate of drug-likeness (QED) is 0.436. The summed E-state index contributed by atoms with van der Waals surface area (Å²) in [6.45, 7) is 7.44. The molecule has 31 heavy (non-hydrogen) atoms. The van der Waals surface area contributed by atoms with Crippen molar-refractivity contribution in [3.05, 3.63) is 52.6 Å². The zero-order valence-electron chi connectivity index (χ0n) is 18.0. The number of ketones is 1. The lowest BCUT2D eigenvalue weighted by atomic mass is 9.97. The molecular weight excluding hydrogens is 398 g/mol. The van der Waals surface area contributed by atoms with Gasteiger partial charge in [0.2, 0.25) is 0 Å². The SMILES string of the molecule is Cc1nn(C)c(C)c1C(O)=C1C(=O)C(=O)N(CCN2CCOCC2)C1c1ccccn1. The Kier molecular flexibility index (Phi) is 5.88. The highest BCUT2D eigenvalue weighted by Crippen LogP contribution is 2.39. The van der Waals surface area contributed by atoms with Crippen LogP contribution in [0.25, 0.3) is 5.76 Å². The standard InChI is InChI=1S/C22H27N5O4/c1-14-17(15(2)25(3)24-14)20(28)18-19(16-6-4-5-7-23-16)27(22(30)21(18)29)9-8-26-10-12-31-13-11-26/h4-7,19,28H,8-13H2,1-3H3. The average Bonchev–Trinajstić information content (AvgIpc) is 3.18. The molecule has 0 saturated carbocycles. The second-order valence-corrected chi connectivity index (χ2v) is 7.87. The van der Waals surface area contributed by atoms with Gasteiger partial charge in [-0.3, -0.25) is 24.2 Å². The molecule has 0 radical (unpaired) electrons. The van der Waals surface area contributed by atoms with E-state index in [1.165, 1.54) is 4.90 Å². The van der Waals surface area contributed by atoms with Gasteiger partial charge in [0.1, 0.15) is 11.8 Å². The Labute approximate surface area is 180 Å². The first-order valence-electron chi connectivity index (χ1n) is 10.4. The van der Waals surface area contributed by atoms with E-state index in [0.29, 0.717) is 48.9 Å². The Morgan fingerprint density at radius 1 is 1.19 bits per heavy atom. The van der Waals surface area contributed by atoms with Crippen molar-refractivity contribution in [2.45, 2.75) is 19.9 Å². The average molecular weight is 425 g/mol. The molecule has 2 fully saturated rings. The van der Waals surface area contributed by atoms with Crippen molar-refractivity contribution < 1.29 is 19.4 Å². The number of aryl methyl sites for hydroxylation is 2. The van der Waals surface area contributed by atoms with E-state index in [1.54, 1.807) is 37.0 Å². The molecular formula is C22H27N5O4. The number of carbonyl (C=O) groups is 2. The van der Waals surface area contributed by atoms with Crippen LogP contribution in [0.5, 0.6) is 0 Å². The van der Waals surface area contributed by atoms with E-state index >= 15 is 0 Å². The summed E-state index contributed by atoms with van der Waals surface area (Å²) in [4.78, 5) is 34.2. The number of ether oxygens (including phenoxy) is 1. The molecule has 0 spiro atoms. The molecule has 0 aromatic carbocycles. The number of amides is 1. The summed E-state index contributed by atoms with van der Waals surface area (Å²) < 4.78 is 7.03. The van der Waals surface area contributed by atoms with Crippen LogP contribution in [0.2, 0.25) is 0 Å². The van der Waals surface area contributed by atoms with Gasteiger partial charge in [0, 0.05) is 45.1 Å². The number of nitrogens with zero attached hydrogens (tertiary/aromatic N) is 5. The van der Waals surface area contributed by atoms with Crippen LogP contribution in [0.15, 0.2) is 30.0 Å². The maximum absolute atomic E-state index is 13.1. The maximum atomic E-state index is 13.1. The number of carbonyl (C=O) groups excluding carboxylic acids is 2. The van der Waals surface area contributed by atoms with Crippen LogP contribution in [-0.2, 0) is 21.4 Å². The van der Waals surface area contributed by atoms with Gasteiger partial charge in [-0.15, -0.1) is 0 Å². The van der Waals surface area contributed by atoms with Crippen LogP contribution in [-0.4, -0.2) is 80.8 Å². The predicted octanol–water partition coefficient (Wildman–Crippen LogP) is 1.19. The molecule has 2 aromatic rings. The van der Waals surface area contributed by atoms with Gasteiger partial charge in [0.25, 0.3) is 11.7 Å². The Bertz CT molecular complexity index is 1020. The number of aromatic nitrogens is 3. The van der Waals surface area contributed by atoms with Crippen molar-refractivity contribution in [1.82, 2.24) is 24.6 Å². The van der Waals surface area contributed by atoms with E-state index in [1.807, 2.05) is 13.0 Å². The molecule has 4 heterocycles. The monoisotopic (exact) mass is 425 g/mol. The third-order valence-electron chi connectivity index (χ3n) is 6.01. The van der Waals surface area contributed by atoms with Gasteiger partial charge in [-0.05, 0) is 26.0 Å². The first kappa shape index (κ1) is 21.2. The smallest absolute Gasteiger partial charge is 0.295 e. The van der Waals surface area contributed by atoms with Gasteiger partial charge >= 0.3 is 0 Å². The minimum atomic E-state index is -0.749. The van der Waals surface area contributed by atoms with E-state index in [9.17, 15) is 14.7 Å². The number of hydrogen-bond donors (Lipinski definition) is 1. The molecule has 1 unspecified atom stereocenters. The number of rotatable bonds is 5. The van der Waals surface area contributed by atoms with E-state index in [-0.39, 0.29) is 11.3 Å². The number of Topliss-reactive ketones (excluding diaryl/α,β-unsaturated/α-hetero) is 1. The molecule has 0 aliphatic carbocycles. The summed E-state index contributed by atoms with van der Waals surface area (Å²) in [5, 5.41) is 15.6. The van der Waals surface area contributed by atoms with Crippen molar-refractivity contribution in [2.24, 2.45) is 7.05 Å². The van der Waals surface area contributed by atoms with Crippen molar-refractivity contribution in [3.63, 3.8) is 0 Å². The summed E-state index contributed by atoms with van der Waals surface area (Å²) in [6.07, 6.45) is 1.62. The van der Waals surface area contributed by atoms with Crippen LogP contribution in [0.3, 0.4) is 0 Å². The van der Waals surface area contributed by atoms with Crippen molar-refractivity contribution >= 4 is 17.4 Å². The molecule has 1 N–H and O–H groups in total. The lowest BCUT2D eigenvalue weighted by molar-refractivity contribution is -0.140. The van der Waals surface area contributed by atoms with E-state index in [4.69, 9.17) is 4.74 Å². The fraction of sp³-hybridized carbons (Fsp3) is 0.455. The molecule has 2 saturated heterocycles. The molecule has 9 nitrogen and oxygen atoms in total. The Balaban J connectivity index is 1.76. The number of morpholine rings is 1. The highest BCUT2D eigenvalue weighted by Gasteiger charge is 2.47. The highest BCUT2D eigenvalue weighted by atomic mass is 16.5. The molecule has 0 bridgehead atoms. The van der Waals surface area contributed by atoms with Gasteiger partial charge in [-0.25, -0.2) is 0 Å². The Morgan fingerprint density at radius 2 is 1.94 bits per heavy atom. The number of aliphatic hydroxyl groups is 1. The second-order valence-electron chi connectivity index (χ2n) is 7.87. The zero-order valence-corrected chi connectivity index (χ0v) is 18.0. The van der Waals surface area contributed by atoms with Gasteiger partial charge < -0.3 is 14.7 Å². The third-order valence-corrected chi connectivity index (χ3v) is 6.01. The first-order valence-corrected chi connectivity index (χ1v) is 10.4. The topological polar surface area (TPSA) is 101 Å². The lowest BCUT2D eigenvalue weighted by Gasteiger charge is -2.30. The summed E-state index contributed by atoms with van der Waals surface area (Å²) in [7, 11) is 1.77. The number of hydrogen-bond acceptors (Lipinski definition) is 7. The molecule has 2 aliphatic heterocycles. The molecule has 4 rings (SSSR count). The summed E-state index contributed by atoms with van der Waals surface area (Å²) in [5.74, 6) is -1.52. The first-order chi connectivity index (χ1) is 14.9. The minimum Gasteiger partial charge on any atom is -0.507 e. The second kappa shape index (κ2) is 8.60. The van der Waals surface area contributed by atoms with Gasteiger partial charge in [-0.2, -0.15) is 5.10 Å². The lowest BCUT2D eigenvalue weighted by Crippen LogP contribution is -2.42. The molecule has 1 amide bonds. The summed E-state index contributed by atoms with van der Waals surface area (Å²) in [5.41, 5.74) is 2.40. The normalized spacial score (nSPS) is 21.8. The summed E-state index contributed by atoms with van der Waals surface area (Å²) in [6, 6.07) is 4.61. The van der Waals surface area contributed by atoms with E-state index < -0.39 is 17.7 Å². The van der Waals surface area contributed by atoms with Crippen molar-refractivity contribution in [1.29, 1.82) is 0 Å². The van der Waals surface area contributed by atoms with E-state index in [0.717, 1.165) is 13.1 Å². The molecule has 1 atom stereocenters. The molecule has 2 aliphatic rings. The molecule has 9 heteroatoms. The van der Waals surface area contributed by atoms with Crippen LogP contribution < -0.4 is 0 Å². The largest absolute Gasteiger partial charge is 0.507 e. The summed E-state index contributed by atoms with van der Waals surface area (Å²) >= 11 is 0. The van der Waals surface area contributed by atoms with Gasteiger partial charge in [-0.1, -0.05) is 6.07 Å². The predicted molar refractivity (Wildman–Crippen MR) is 113 cm³/mol. The van der Waals surface area contributed by atoms with Crippen molar-refractivity contribution in [3.8, 4) is 0 Å². The van der Waals surface area contributed by atoms with Crippen LogP contribution >= 0.6 is 0 Å². The van der Waals surface area contributed by atoms with Crippen LogP contribution in [0.4, 0.5) is 0 Å². The molecule has 164 valence electrons. The zero-order chi connectivity index (χ0) is 22.1. The third kappa shape index (κ3) is 3.86.